The Hall–Kier alpha value is -2.11. The van der Waals surface area contributed by atoms with Crippen molar-refractivity contribution >= 4 is 0 Å². The molecular formula is C22H23F5O5. The molecule has 0 bridgehead atoms. The van der Waals surface area contributed by atoms with Crippen molar-refractivity contribution < 1.29 is 46.0 Å². The van der Waals surface area contributed by atoms with Gasteiger partial charge in [-0.3, -0.25) is 0 Å². The molecule has 1 N–H and O–H groups in total. The molecule has 2 atom stereocenters. The normalized spacial score (nSPS) is 18.9. The SMILES string of the molecule is FCC(F)c1c(F)cccc1C1OCCO1.OC(CF)c1c(F)cccc1C1OCCO1. The van der Waals surface area contributed by atoms with E-state index in [1.165, 1.54) is 24.3 Å². The third-order valence-corrected chi connectivity index (χ3v) is 4.85. The van der Waals surface area contributed by atoms with Crippen molar-refractivity contribution in [3.63, 3.8) is 0 Å². The van der Waals surface area contributed by atoms with E-state index in [1.54, 1.807) is 6.07 Å². The van der Waals surface area contributed by atoms with Crippen LogP contribution in [0.1, 0.15) is 47.1 Å². The van der Waals surface area contributed by atoms with E-state index in [4.69, 9.17) is 18.9 Å². The molecule has 2 aliphatic rings. The van der Waals surface area contributed by atoms with E-state index in [0.29, 0.717) is 32.0 Å². The lowest BCUT2D eigenvalue weighted by atomic mass is 10.0. The number of alkyl halides is 3. The van der Waals surface area contributed by atoms with Crippen LogP contribution >= 0.6 is 0 Å². The quantitative estimate of drug-likeness (QED) is 0.630. The number of benzene rings is 2. The average Bonchev–Trinajstić information content (AvgIpc) is 3.53. The Balaban J connectivity index is 0.000000181. The summed E-state index contributed by atoms with van der Waals surface area (Å²) in [5, 5.41) is 9.43. The van der Waals surface area contributed by atoms with Gasteiger partial charge in [0.25, 0.3) is 0 Å². The molecule has 0 aromatic heterocycles. The molecule has 32 heavy (non-hydrogen) atoms. The maximum Gasteiger partial charge on any atom is 0.184 e. The summed E-state index contributed by atoms with van der Waals surface area (Å²) in [5.41, 5.74) is 0.180. The molecule has 176 valence electrons. The lowest BCUT2D eigenvalue weighted by Crippen LogP contribution is -2.11. The van der Waals surface area contributed by atoms with Crippen molar-refractivity contribution in [2.45, 2.75) is 24.9 Å². The summed E-state index contributed by atoms with van der Waals surface area (Å²) in [6.07, 6.45) is -4.98. The number of hydrogen-bond acceptors (Lipinski definition) is 5. The minimum Gasteiger partial charge on any atom is -0.386 e. The molecular weight excluding hydrogens is 439 g/mol. The molecule has 2 fully saturated rings. The maximum atomic E-state index is 13.5. The summed E-state index contributed by atoms with van der Waals surface area (Å²) in [4.78, 5) is 0. The summed E-state index contributed by atoms with van der Waals surface area (Å²) in [7, 11) is 0. The first-order valence-corrected chi connectivity index (χ1v) is 9.95. The fourth-order valence-electron chi connectivity index (χ4n) is 3.43. The van der Waals surface area contributed by atoms with Crippen LogP contribution in [0.2, 0.25) is 0 Å². The van der Waals surface area contributed by atoms with E-state index in [2.05, 4.69) is 0 Å². The van der Waals surface area contributed by atoms with Crippen molar-refractivity contribution in [3.05, 3.63) is 70.3 Å². The molecule has 0 radical (unpaired) electrons. The first kappa shape index (κ1) is 24.5. The van der Waals surface area contributed by atoms with Gasteiger partial charge in [-0.1, -0.05) is 24.3 Å². The van der Waals surface area contributed by atoms with Gasteiger partial charge in [-0.2, -0.15) is 0 Å². The highest BCUT2D eigenvalue weighted by molar-refractivity contribution is 5.33. The highest BCUT2D eigenvalue weighted by Crippen LogP contribution is 2.33. The Morgan fingerprint density at radius 3 is 1.62 bits per heavy atom. The van der Waals surface area contributed by atoms with Crippen LogP contribution in [0.25, 0.3) is 0 Å². The minimum atomic E-state index is -1.98. The zero-order valence-electron chi connectivity index (χ0n) is 17.0. The van der Waals surface area contributed by atoms with Gasteiger partial charge in [0.15, 0.2) is 18.8 Å². The van der Waals surface area contributed by atoms with Crippen molar-refractivity contribution in [3.8, 4) is 0 Å². The van der Waals surface area contributed by atoms with Crippen LogP contribution in [0, 0.1) is 11.6 Å². The summed E-state index contributed by atoms with van der Waals surface area (Å²) in [6, 6.07) is 8.21. The molecule has 4 rings (SSSR count). The Labute approximate surface area is 181 Å². The van der Waals surface area contributed by atoms with Gasteiger partial charge in [0.1, 0.15) is 31.1 Å². The summed E-state index contributed by atoms with van der Waals surface area (Å²) in [6.45, 7) is -0.750. The van der Waals surface area contributed by atoms with Crippen molar-refractivity contribution in [2.75, 3.05) is 39.8 Å². The number of ether oxygens (including phenoxy) is 4. The van der Waals surface area contributed by atoms with Crippen LogP contribution in [-0.4, -0.2) is 44.9 Å². The van der Waals surface area contributed by atoms with Gasteiger partial charge in [0.2, 0.25) is 0 Å². The first-order valence-electron chi connectivity index (χ1n) is 9.95. The van der Waals surface area contributed by atoms with Crippen LogP contribution in [0.4, 0.5) is 22.0 Å². The van der Waals surface area contributed by atoms with E-state index in [0.717, 1.165) is 6.07 Å². The molecule has 2 aliphatic heterocycles. The number of aliphatic hydroxyl groups excluding tert-OH is 1. The molecule has 5 nitrogen and oxygen atoms in total. The molecule has 0 amide bonds. The van der Waals surface area contributed by atoms with Gasteiger partial charge >= 0.3 is 0 Å². The highest BCUT2D eigenvalue weighted by Gasteiger charge is 2.28. The predicted octanol–water partition coefficient (Wildman–Crippen LogP) is 4.73. The summed E-state index contributed by atoms with van der Waals surface area (Å²) >= 11 is 0. The highest BCUT2D eigenvalue weighted by atomic mass is 19.2. The Morgan fingerprint density at radius 1 is 0.750 bits per heavy atom. The average molecular weight is 462 g/mol. The van der Waals surface area contributed by atoms with Gasteiger partial charge in [-0.25, -0.2) is 22.0 Å². The van der Waals surface area contributed by atoms with Crippen molar-refractivity contribution in [1.82, 2.24) is 0 Å². The Bertz CT molecular complexity index is 800. The van der Waals surface area contributed by atoms with E-state index >= 15 is 0 Å². The zero-order valence-corrected chi connectivity index (χ0v) is 17.0. The van der Waals surface area contributed by atoms with Crippen LogP contribution in [0.3, 0.4) is 0 Å². The zero-order chi connectivity index (χ0) is 23.1. The Morgan fingerprint density at radius 2 is 1.19 bits per heavy atom. The molecule has 0 spiro atoms. The lowest BCUT2D eigenvalue weighted by molar-refractivity contribution is -0.0466. The summed E-state index contributed by atoms with van der Waals surface area (Å²) in [5.74, 6) is -1.43. The third-order valence-electron chi connectivity index (χ3n) is 4.85. The predicted molar refractivity (Wildman–Crippen MR) is 103 cm³/mol. The Kier molecular flexibility index (Phi) is 8.94. The monoisotopic (exact) mass is 462 g/mol. The minimum absolute atomic E-state index is 0.0862. The second-order valence-electron chi connectivity index (χ2n) is 6.92. The largest absolute Gasteiger partial charge is 0.386 e. The standard InChI is InChI=1S/C11H11F3O2.C11H12F2O3/c2*12-6-9(14)10-7(2-1-3-8(10)13)11-15-4-5-16-11/h1-3,9,11H,4-6H2;1-3,9,11,14H,4-6H2. The topological polar surface area (TPSA) is 57.2 Å². The first-order chi connectivity index (χ1) is 15.5. The lowest BCUT2D eigenvalue weighted by Gasteiger charge is -2.17. The molecule has 2 aromatic carbocycles. The number of aliphatic hydroxyl groups is 1. The third kappa shape index (κ3) is 5.62. The fraction of sp³-hybridized carbons (Fsp3) is 0.455. The number of rotatable bonds is 6. The molecule has 2 heterocycles. The number of hydrogen-bond donors (Lipinski definition) is 1. The van der Waals surface area contributed by atoms with Gasteiger partial charge in [0.05, 0.1) is 26.4 Å². The molecule has 10 heteroatoms. The summed E-state index contributed by atoms with van der Waals surface area (Å²) < 4.78 is 85.7. The molecule has 0 saturated carbocycles. The van der Waals surface area contributed by atoms with E-state index < -0.39 is 49.8 Å². The van der Waals surface area contributed by atoms with Crippen LogP contribution in [-0.2, 0) is 18.9 Å². The van der Waals surface area contributed by atoms with Gasteiger partial charge in [0, 0.05) is 22.3 Å². The van der Waals surface area contributed by atoms with E-state index in [9.17, 15) is 27.1 Å². The van der Waals surface area contributed by atoms with Crippen LogP contribution in [0.5, 0.6) is 0 Å². The van der Waals surface area contributed by atoms with Crippen molar-refractivity contribution in [2.24, 2.45) is 0 Å². The molecule has 0 aliphatic carbocycles. The second kappa shape index (κ2) is 11.7. The maximum absolute atomic E-state index is 13.5. The van der Waals surface area contributed by atoms with E-state index in [-0.39, 0.29) is 16.7 Å². The van der Waals surface area contributed by atoms with Crippen LogP contribution < -0.4 is 0 Å². The van der Waals surface area contributed by atoms with Gasteiger partial charge in [-0.15, -0.1) is 0 Å². The molecule has 2 saturated heterocycles. The number of halogens is 5. The smallest absolute Gasteiger partial charge is 0.184 e. The van der Waals surface area contributed by atoms with Gasteiger partial charge in [-0.05, 0) is 12.1 Å². The van der Waals surface area contributed by atoms with Crippen molar-refractivity contribution in [1.29, 1.82) is 0 Å². The second-order valence-corrected chi connectivity index (χ2v) is 6.92. The van der Waals surface area contributed by atoms with Crippen LogP contribution in [0.15, 0.2) is 36.4 Å². The van der Waals surface area contributed by atoms with Gasteiger partial charge < -0.3 is 24.1 Å². The molecule has 2 aromatic rings. The fourth-order valence-corrected chi connectivity index (χ4v) is 3.43. The van der Waals surface area contributed by atoms with E-state index in [1.807, 2.05) is 0 Å². The molecule has 2 unspecified atom stereocenters.